The second-order valence-electron chi connectivity index (χ2n) is 13.8. The van der Waals surface area contributed by atoms with Crippen molar-refractivity contribution in [2.45, 2.75) is 61.6 Å². The summed E-state index contributed by atoms with van der Waals surface area (Å²) < 4.78 is 0. The molecule has 0 bridgehead atoms. The largest absolute Gasteiger partial charge is 0.338 e. The van der Waals surface area contributed by atoms with Crippen LogP contribution in [0.5, 0.6) is 0 Å². The van der Waals surface area contributed by atoms with Crippen molar-refractivity contribution in [2.24, 2.45) is 5.73 Å². The van der Waals surface area contributed by atoms with Gasteiger partial charge in [0, 0.05) is 58.2 Å². The Kier molecular flexibility index (Phi) is 9.03. The van der Waals surface area contributed by atoms with Gasteiger partial charge in [-0.25, -0.2) is 0 Å². The standard InChI is InChI=1S/C38H47N5O3/c1-40-21-23-43(24-22-40)36(46)38(27-32(38)30-12-5-4-6-13-30)42(3)35(45)33(26-28-16-17-29-11-7-8-14-31(29)25-28)41(2)34(44)15-9-18-37(39)19-10-20-37/h4-9,11-17,25,32-33H,10,18-24,26-27,39H2,1-3H3/b15-9+/t32-,33-,38?/m1/s1. The van der Waals surface area contributed by atoms with E-state index in [1.165, 1.54) is 0 Å². The van der Waals surface area contributed by atoms with E-state index in [4.69, 9.17) is 5.73 Å². The predicted molar refractivity (Wildman–Crippen MR) is 182 cm³/mol. The van der Waals surface area contributed by atoms with Crippen LogP contribution in [0.15, 0.2) is 84.9 Å². The van der Waals surface area contributed by atoms with Crippen LogP contribution in [-0.4, -0.2) is 102 Å². The Labute approximate surface area is 272 Å². The fourth-order valence-electron chi connectivity index (χ4n) is 7.26. The minimum atomic E-state index is -0.994. The van der Waals surface area contributed by atoms with Gasteiger partial charge in [0.1, 0.15) is 11.6 Å². The number of amides is 3. The number of rotatable bonds is 10. The number of fused-ring (bicyclic) bond motifs is 1. The molecule has 2 saturated carbocycles. The molecule has 8 heteroatoms. The van der Waals surface area contributed by atoms with Crippen molar-refractivity contribution in [3.63, 3.8) is 0 Å². The minimum absolute atomic E-state index is 0.00243. The predicted octanol–water partition coefficient (Wildman–Crippen LogP) is 4.20. The molecular weight excluding hydrogens is 574 g/mol. The molecule has 0 aromatic heterocycles. The van der Waals surface area contributed by atoms with Crippen LogP contribution in [-0.2, 0) is 20.8 Å². The second kappa shape index (κ2) is 13.0. The van der Waals surface area contributed by atoms with Crippen molar-refractivity contribution in [2.75, 3.05) is 47.3 Å². The van der Waals surface area contributed by atoms with E-state index in [0.29, 0.717) is 32.4 Å². The zero-order chi connectivity index (χ0) is 32.5. The van der Waals surface area contributed by atoms with Crippen molar-refractivity contribution in [1.82, 2.24) is 19.6 Å². The van der Waals surface area contributed by atoms with Crippen LogP contribution in [0.3, 0.4) is 0 Å². The molecule has 2 aliphatic carbocycles. The number of likely N-dealkylation sites (N-methyl/N-ethyl adjacent to an activating group) is 3. The number of nitrogens with zero attached hydrogens (tertiary/aromatic N) is 4. The van der Waals surface area contributed by atoms with Gasteiger partial charge in [0.25, 0.3) is 0 Å². The third-order valence-electron chi connectivity index (χ3n) is 10.7. The third-order valence-corrected chi connectivity index (χ3v) is 10.7. The summed E-state index contributed by atoms with van der Waals surface area (Å²) in [5.74, 6) is -0.587. The van der Waals surface area contributed by atoms with Crippen LogP contribution < -0.4 is 5.73 Å². The molecule has 0 spiro atoms. The van der Waals surface area contributed by atoms with Gasteiger partial charge < -0.3 is 25.3 Å². The summed E-state index contributed by atoms with van der Waals surface area (Å²) in [6.07, 6.45) is 7.97. The van der Waals surface area contributed by atoms with Gasteiger partial charge >= 0.3 is 0 Å². The van der Waals surface area contributed by atoms with Crippen LogP contribution in [0.25, 0.3) is 10.8 Å². The molecule has 1 unspecified atom stereocenters. The molecule has 242 valence electrons. The minimum Gasteiger partial charge on any atom is -0.338 e. The lowest BCUT2D eigenvalue weighted by atomic mass is 9.75. The van der Waals surface area contributed by atoms with E-state index in [-0.39, 0.29) is 29.2 Å². The smallest absolute Gasteiger partial charge is 0.249 e. The van der Waals surface area contributed by atoms with E-state index < -0.39 is 11.6 Å². The maximum atomic E-state index is 14.8. The Morgan fingerprint density at radius 1 is 0.935 bits per heavy atom. The average molecular weight is 622 g/mol. The van der Waals surface area contributed by atoms with Crippen molar-refractivity contribution in [3.8, 4) is 0 Å². The molecule has 1 saturated heterocycles. The zero-order valence-corrected chi connectivity index (χ0v) is 27.4. The first-order chi connectivity index (χ1) is 22.1. The maximum Gasteiger partial charge on any atom is 0.249 e. The van der Waals surface area contributed by atoms with Gasteiger partial charge in [-0.15, -0.1) is 0 Å². The number of piperazine rings is 1. The first kappa shape index (κ1) is 32.0. The third kappa shape index (κ3) is 6.33. The van der Waals surface area contributed by atoms with Gasteiger partial charge in [-0.1, -0.05) is 78.9 Å². The van der Waals surface area contributed by atoms with E-state index >= 15 is 0 Å². The van der Waals surface area contributed by atoms with E-state index in [1.807, 2.05) is 59.5 Å². The highest BCUT2D eigenvalue weighted by Crippen LogP contribution is 2.56. The first-order valence-electron chi connectivity index (χ1n) is 16.6. The monoisotopic (exact) mass is 621 g/mol. The van der Waals surface area contributed by atoms with Crippen molar-refractivity contribution in [3.05, 3.63) is 96.1 Å². The fourth-order valence-corrected chi connectivity index (χ4v) is 7.26. The normalized spacial score (nSPS) is 23.1. The van der Waals surface area contributed by atoms with E-state index in [2.05, 4.69) is 36.2 Å². The molecule has 46 heavy (non-hydrogen) atoms. The molecule has 0 radical (unpaired) electrons. The van der Waals surface area contributed by atoms with Crippen LogP contribution >= 0.6 is 0 Å². The summed E-state index contributed by atoms with van der Waals surface area (Å²) in [6.45, 7) is 2.86. The molecular formula is C38H47N5O3. The Hall–Kier alpha value is -4.01. The molecule has 6 rings (SSSR count). The highest BCUT2D eigenvalue weighted by atomic mass is 16.2. The summed E-state index contributed by atoms with van der Waals surface area (Å²) in [5, 5.41) is 2.20. The van der Waals surface area contributed by atoms with Crippen LogP contribution in [0.1, 0.15) is 49.1 Å². The Bertz CT molecular complexity index is 1610. The summed E-state index contributed by atoms with van der Waals surface area (Å²) in [7, 11) is 5.52. The highest BCUT2D eigenvalue weighted by Gasteiger charge is 2.66. The van der Waals surface area contributed by atoms with Gasteiger partial charge in [-0.3, -0.25) is 14.4 Å². The van der Waals surface area contributed by atoms with Gasteiger partial charge in [0.15, 0.2) is 0 Å². The van der Waals surface area contributed by atoms with E-state index in [0.717, 1.165) is 54.3 Å². The molecule has 8 nitrogen and oxygen atoms in total. The molecule has 3 fully saturated rings. The molecule has 3 aromatic rings. The number of benzene rings is 3. The number of nitrogens with two attached hydrogens (primary N) is 1. The first-order valence-corrected chi connectivity index (χ1v) is 16.6. The number of carbonyl (C=O) groups is 3. The quantitative estimate of drug-likeness (QED) is 0.343. The molecule has 2 N–H and O–H groups in total. The molecule has 3 aliphatic rings. The average Bonchev–Trinajstić information content (AvgIpc) is 3.83. The van der Waals surface area contributed by atoms with Gasteiger partial charge in [-0.2, -0.15) is 0 Å². The summed E-state index contributed by atoms with van der Waals surface area (Å²) in [6, 6.07) is 23.5. The lowest BCUT2D eigenvalue weighted by Gasteiger charge is -2.40. The van der Waals surface area contributed by atoms with Crippen LogP contribution in [0.4, 0.5) is 0 Å². The zero-order valence-electron chi connectivity index (χ0n) is 27.4. The van der Waals surface area contributed by atoms with Crippen molar-refractivity contribution >= 4 is 28.5 Å². The van der Waals surface area contributed by atoms with Gasteiger partial charge in [-0.05, 0) is 67.1 Å². The number of hydrogen-bond donors (Lipinski definition) is 1. The van der Waals surface area contributed by atoms with Gasteiger partial charge in [0.2, 0.25) is 17.7 Å². The molecule has 3 aromatic carbocycles. The molecule has 3 amide bonds. The summed E-state index contributed by atoms with van der Waals surface area (Å²) in [4.78, 5) is 50.2. The molecule has 1 aliphatic heterocycles. The van der Waals surface area contributed by atoms with E-state index in [1.54, 1.807) is 30.0 Å². The Morgan fingerprint density at radius 2 is 1.61 bits per heavy atom. The van der Waals surface area contributed by atoms with Crippen LogP contribution in [0.2, 0.25) is 0 Å². The lowest BCUT2D eigenvalue weighted by molar-refractivity contribution is -0.151. The number of carbonyl (C=O) groups excluding carboxylic acids is 3. The lowest BCUT2D eigenvalue weighted by Crippen LogP contribution is -2.60. The Morgan fingerprint density at radius 3 is 2.28 bits per heavy atom. The highest BCUT2D eigenvalue weighted by molar-refractivity contribution is 5.99. The molecule has 1 heterocycles. The fraction of sp³-hybridized carbons (Fsp3) is 0.447. The van der Waals surface area contributed by atoms with E-state index in [9.17, 15) is 14.4 Å². The van der Waals surface area contributed by atoms with Crippen molar-refractivity contribution in [1.29, 1.82) is 0 Å². The maximum absolute atomic E-state index is 14.8. The topological polar surface area (TPSA) is 90.2 Å². The van der Waals surface area contributed by atoms with Crippen LogP contribution in [0, 0.1) is 0 Å². The molecule has 3 atom stereocenters. The van der Waals surface area contributed by atoms with Gasteiger partial charge in [0.05, 0.1) is 0 Å². The second-order valence-corrected chi connectivity index (χ2v) is 13.8. The summed E-state index contributed by atoms with van der Waals surface area (Å²) >= 11 is 0. The number of hydrogen-bond acceptors (Lipinski definition) is 5. The Balaban J connectivity index is 1.31. The van der Waals surface area contributed by atoms with Crippen molar-refractivity contribution < 1.29 is 14.4 Å². The SMILES string of the molecule is CN1CCN(C(=O)C2(N(C)C(=O)[C@@H](Cc3ccc4ccccc4c3)N(C)C(=O)/C=C/CC3(N)CCC3)C[C@@H]2c2ccccc2)CC1. The summed E-state index contributed by atoms with van der Waals surface area (Å²) in [5.41, 5.74) is 7.18.